The Labute approximate surface area is 94.6 Å². The van der Waals surface area contributed by atoms with Crippen LogP contribution in [0.4, 0.5) is 4.79 Å². The largest absolute Gasteiger partial charge is 0.497 e. The van der Waals surface area contributed by atoms with Crippen LogP contribution in [0.2, 0.25) is 0 Å². The third-order valence-corrected chi connectivity index (χ3v) is 2.39. The van der Waals surface area contributed by atoms with Gasteiger partial charge in [0.05, 0.1) is 13.2 Å². The normalized spacial score (nSPS) is 11.8. The molecule has 0 saturated heterocycles. The van der Waals surface area contributed by atoms with Gasteiger partial charge in [-0.2, -0.15) is 5.06 Å². The molecule has 1 aromatic carbocycles. The van der Waals surface area contributed by atoms with Crippen molar-refractivity contribution in [3.05, 3.63) is 29.8 Å². The fourth-order valence-electron chi connectivity index (χ4n) is 1.31. The maximum atomic E-state index is 11.2. The molecule has 16 heavy (non-hydrogen) atoms. The Hall–Kier alpha value is -1.75. The zero-order chi connectivity index (χ0) is 12.1. The molecule has 0 aliphatic rings. The second kappa shape index (κ2) is 5.37. The van der Waals surface area contributed by atoms with Crippen molar-refractivity contribution in [2.24, 2.45) is 0 Å². The maximum absolute atomic E-state index is 11.2. The Balaban J connectivity index is 2.79. The highest BCUT2D eigenvalue weighted by Crippen LogP contribution is 2.21. The highest BCUT2D eigenvalue weighted by atomic mass is 16.5. The Bertz CT molecular complexity index is 351. The fourth-order valence-corrected chi connectivity index (χ4v) is 1.31. The first-order valence-corrected chi connectivity index (χ1v) is 4.94. The van der Waals surface area contributed by atoms with Crippen LogP contribution in [0.3, 0.4) is 0 Å². The first-order valence-electron chi connectivity index (χ1n) is 4.94. The number of methoxy groups -OCH3 is 1. The van der Waals surface area contributed by atoms with Gasteiger partial charge in [-0.1, -0.05) is 12.1 Å². The second-order valence-electron chi connectivity index (χ2n) is 3.35. The van der Waals surface area contributed by atoms with Gasteiger partial charge in [0.1, 0.15) is 5.75 Å². The molecular formula is C11H16N2O3. The quantitative estimate of drug-likeness (QED) is 0.607. The molecular weight excluding hydrogens is 208 g/mol. The third kappa shape index (κ3) is 2.64. The van der Waals surface area contributed by atoms with Gasteiger partial charge in [-0.05, 0) is 24.6 Å². The Morgan fingerprint density at radius 1 is 1.44 bits per heavy atom. The van der Waals surface area contributed by atoms with E-state index in [0.29, 0.717) is 5.06 Å². The molecule has 5 heteroatoms. The van der Waals surface area contributed by atoms with Gasteiger partial charge >= 0.3 is 6.03 Å². The molecule has 0 aromatic heterocycles. The van der Waals surface area contributed by atoms with E-state index in [0.717, 1.165) is 11.3 Å². The predicted molar refractivity (Wildman–Crippen MR) is 59.5 cm³/mol. The number of carbonyl (C=O) groups is 1. The highest BCUT2D eigenvalue weighted by molar-refractivity contribution is 5.72. The van der Waals surface area contributed by atoms with Crippen LogP contribution >= 0.6 is 0 Å². The van der Waals surface area contributed by atoms with Gasteiger partial charge in [0.15, 0.2) is 0 Å². The first kappa shape index (κ1) is 12.3. The number of hydrogen-bond donors (Lipinski definition) is 2. The summed E-state index contributed by atoms with van der Waals surface area (Å²) in [7, 11) is 3.05. The van der Waals surface area contributed by atoms with Crippen molar-refractivity contribution in [2.75, 3.05) is 14.2 Å². The lowest BCUT2D eigenvalue weighted by Gasteiger charge is -2.22. The molecule has 0 aliphatic carbocycles. The van der Waals surface area contributed by atoms with Crippen LogP contribution in [0.5, 0.6) is 5.75 Å². The lowest BCUT2D eigenvalue weighted by atomic mass is 10.1. The van der Waals surface area contributed by atoms with Crippen LogP contribution in [-0.4, -0.2) is 30.5 Å². The molecule has 0 aliphatic heterocycles. The van der Waals surface area contributed by atoms with E-state index in [1.165, 1.54) is 7.05 Å². The lowest BCUT2D eigenvalue weighted by Crippen LogP contribution is -2.37. The summed E-state index contributed by atoms with van der Waals surface area (Å²) in [4.78, 5) is 11.2. The van der Waals surface area contributed by atoms with Gasteiger partial charge in [0.2, 0.25) is 0 Å². The molecule has 1 atom stereocenters. The minimum atomic E-state index is -0.539. The van der Waals surface area contributed by atoms with Gasteiger partial charge in [-0.15, -0.1) is 0 Å². The average Bonchev–Trinajstić information content (AvgIpc) is 2.36. The van der Waals surface area contributed by atoms with Crippen molar-refractivity contribution in [1.29, 1.82) is 0 Å². The molecule has 2 N–H and O–H groups in total. The maximum Gasteiger partial charge on any atom is 0.341 e. The molecule has 2 amide bonds. The number of benzene rings is 1. The number of rotatable bonds is 3. The minimum absolute atomic E-state index is 0.411. The number of hydroxylamine groups is 2. The number of hydrogen-bond acceptors (Lipinski definition) is 3. The van der Waals surface area contributed by atoms with Crippen molar-refractivity contribution in [3.8, 4) is 5.75 Å². The molecule has 1 rings (SSSR count). The van der Waals surface area contributed by atoms with E-state index in [1.54, 1.807) is 38.3 Å². The molecule has 0 bridgehead atoms. The van der Waals surface area contributed by atoms with E-state index in [-0.39, 0.29) is 0 Å². The smallest absolute Gasteiger partial charge is 0.341 e. The van der Waals surface area contributed by atoms with Gasteiger partial charge in [-0.25, -0.2) is 4.79 Å². The summed E-state index contributed by atoms with van der Waals surface area (Å²) in [5.74, 6) is 0.736. The third-order valence-electron chi connectivity index (χ3n) is 2.39. The summed E-state index contributed by atoms with van der Waals surface area (Å²) in [6.45, 7) is 1.73. The van der Waals surface area contributed by atoms with E-state index in [9.17, 15) is 10.0 Å². The predicted octanol–water partition coefficient (Wildman–Crippen LogP) is 1.79. The minimum Gasteiger partial charge on any atom is -0.497 e. The first-order chi connectivity index (χ1) is 7.60. The molecule has 0 fully saturated rings. The molecule has 1 aromatic rings. The Kier molecular flexibility index (Phi) is 4.13. The topological polar surface area (TPSA) is 61.8 Å². The summed E-state index contributed by atoms with van der Waals surface area (Å²) < 4.78 is 5.02. The number of amides is 2. The van der Waals surface area contributed by atoms with Crippen LogP contribution in [0.1, 0.15) is 18.5 Å². The molecule has 88 valence electrons. The zero-order valence-corrected chi connectivity index (χ0v) is 9.60. The van der Waals surface area contributed by atoms with E-state index < -0.39 is 12.1 Å². The van der Waals surface area contributed by atoms with Crippen molar-refractivity contribution >= 4 is 6.03 Å². The molecule has 5 nitrogen and oxygen atoms in total. The van der Waals surface area contributed by atoms with Crippen molar-refractivity contribution in [2.45, 2.75) is 13.0 Å². The zero-order valence-electron chi connectivity index (χ0n) is 9.60. The average molecular weight is 224 g/mol. The number of nitrogens with zero attached hydrogens (tertiary/aromatic N) is 1. The van der Waals surface area contributed by atoms with Gasteiger partial charge in [0, 0.05) is 7.05 Å². The standard InChI is InChI=1S/C11H16N2O3/c1-8(13(15)11(14)12-2)9-4-6-10(16-3)7-5-9/h4-8,15H,1-3H3,(H,12,14). The van der Waals surface area contributed by atoms with E-state index >= 15 is 0 Å². The van der Waals surface area contributed by atoms with Crippen LogP contribution in [-0.2, 0) is 0 Å². The van der Waals surface area contributed by atoms with Gasteiger partial charge < -0.3 is 10.1 Å². The van der Waals surface area contributed by atoms with Crippen LogP contribution in [0, 0.1) is 0 Å². The lowest BCUT2D eigenvalue weighted by molar-refractivity contribution is -0.0738. The summed E-state index contributed by atoms with van der Waals surface area (Å²) in [5.41, 5.74) is 0.826. The van der Waals surface area contributed by atoms with E-state index in [4.69, 9.17) is 4.74 Å². The van der Waals surface area contributed by atoms with Gasteiger partial charge in [0.25, 0.3) is 0 Å². The Morgan fingerprint density at radius 3 is 2.44 bits per heavy atom. The van der Waals surface area contributed by atoms with Crippen LogP contribution in [0.15, 0.2) is 24.3 Å². The van der Waals surface area contributed by atoms with Crippen LogP contribution in [0.25, 0.3) is 0 Å². The summed E-state index contributed by atoms with van der Waals surface area (Å²) in [5, 5.41) is 12.6. The molecule has 0 spiro atoms. The van der Waals surface area contributed by atoms with Crippen molar-refractivity contribution < 1.29 is 14.7 Å². The molecule has 0 saturated carbocycles. The highest BCUT2D eigenvalue weighted by Gasteiger charge is 2.18. The summed E-state index contributed by atoms with van der Waals surface area (Å²) in [6, 6.07) is 6.22. The number of ether oxygens (including phenoxy) is 1. The fraction of sp³-hybridized carbons (Fsp3) is 0.364. The Morgan fingerprint density at radius 2 is 2.00 bits per heavy atom. The molecule has 0 radical (unpaired) electrons. The van der Waals surface area contributed by atoms with E-state index in [1.807, 2.05) is 0 Å². The monoisotopic (exact) mass is 224 g/mol. The van der Waals surface area contributed by atoms with Crippen molar-refractivity contribution in [1.82, 2.24) is 10.4 Å². The number of nitrogens with one attached hydrogen (secondary N) is 1. The molecule has 1 unspecified atom stereocenters. The number of urea groups is 1. The second-order valence-corrected chi connectivity index (χ2v) is 3.35. The SMILES string of the molecule is CNC(=O)N(O)C(C)c1ccc(OC)cc1. The summed E-state index contributed by atoms with van der Waals surface area (Å²) in [6.07, 6.45) is 0. The van der Waals surface area contributed by atoms with E-state index in [2.05, 4.69) is 5.32 Å². The molecule has 0 heterocycles. The summed E-state index contributed by atoms with van der Waals surface area (Å²) >= 11 is 0. The van der Waals surface area contributed by atoms with Crippen molar-refractivity contribution in [3.63, 3.8) is 0 Å². The van der Waals surface area contributed by atoms with Gasteiger partial charge in [-0.3, -0.25) is 5.21 Å². The van der Waals surface area contributed by atoms with Crippen LogP contribution < -0.4 is 10.1 Å². The number of carbonyl (C=O) groups excluding carboxylic acids is 1.